The number of hydrogen-bond donors (Lipinski definition) is 2. The molecule has 0 saturated carbocycles. The zero-order valence-corrected chi connectivity index (χ0v) is 17.1. The first kappa shape index (κ1) is 20.8. The van der Waals surface area contributed by atoms with Gasteiger partial charge in [-0.2, -0.15) is 10.2 Å². The number of aryl methyl sites for hydroxylation is 2. The molecule has 1 aliphatic rings. The van der Waals surface area contributed by atoms with Gasteiger partial charge in [0.1, 0.15) is 5.84 Å². The lowest BCUT2D eigenvalue weighted by molar-refractivity contribution is 1.07. The van der Waals surface area contributed by atoms with Gasteiger partial charge in [0.2, 0.25) is 0 Å². The topological polar surface area (TPSA) is 92.4 Å². The number of rotatable bonds is 8. The van der Waals surface area contributed by atoms with Crippen molar-refractivity contribution in [2.24, 2.45) is 26.9 Å². The highest BCUT2D eigenvalue weighted by Gasteiger charge is 2.25. The van der Waals surface area contributed by atoms with Gasteiger partial charge in [-0.15, -0.1) is 5.10 Å². The smallest absolute Gasteiger partial charge is 0.169 e. The molecule has 0 atom stereocenters. The molecule has 1 aromatic rings. The molecule has 7 heteroatoms. The van der Waals surface area contributed by atoms with Crippen LogP contribution in [0.5, 0.6) is 0 Å². The highest BCUT2D eigenvalue weighted by Crippen LogP contribution is 2.35. The van der Waals surface area contributed by atoms with Gasteiger partial charge in [-0.05, 0) is 49.3 Å². The van der Waals surface area contributed by atoms with Crippen LogP contribution in [0.1, 0.15) is 38.3 Å². The van der Waals surface area contributed by atoms with Crippen LogP contribution in [0.4, 0.5) is 5.69 Å². The molecule has 0 unspecified atom stereocenters. The summed E-state index contributed by atoms with van der Waals surface area (Å²) in [6.45, 7) is 9.99. The van der Waals surface area contributed by atoms with Gasteiger partial charge >= 0.3 is 0 Å². The molecule has 6 nitrogen and oxygen atoms in total. The fourth-order valence-corrected chi connectivity index (χ4v) is 3.97. The molecule has 0 spiro atoms. The maximum atomic E-state index is 5.87. The predicted octanol–water partition coefficient (Wildman–Crippen LogP) is 3.79. The van der Waals surface area contributed by atoms with Crippen molar-refractivity contribution in [1.29, 1.82) is 0 Å². The molecule has 0 aromatic heterocycles. The lowest BCUT2D eigenvalue weighted by Crippen LogP contribution is -2.30. The average Bonchev–Trinajstić information content (AvgIpc) is 3.12. The van der Waals surface area contributed by atoms with Crippen molar-refractivity contribution in [3.8, 4) is 0 Å². The summed E-state index contributed by atoms with van der Waals surface area (Å²) in [5.74, 6) is 6.93. The molecule has 2 rings (SSSR count). The minimum absolute atomic E-state index is 0.373. The van der Waals surface area contributed by atoms with Gasteiger partial charge in [-0.3, -0.25) is 4.31 Å². The summed E-state index contributed by atoms with van der Waals surface area (Å²) in [6.07, 6.45) is 6.85. The quantitative estimate of drug-likeness (QED) is 0.234. The van der Waals surface area contributed by atoms with E-state index in [9.17, 15) is 0 Å². The third-order valence-corrected chi connectivity index (χ3v) is 5.40. The first-order valence-electron chi connectivity index (χ1n) is 9.02. The lowest BCUT2D eigenvalue weighted by atomic mass is 10.0. The highest BCUT2D eigenvalue weighted by molar-refractivity contribution is 8.02. The number of allylic oxidation sites excluding steroid dienone is 3. The number of hydrogen-bond acceptors (Lipinski definition) is 5. The van der Waals surface area contributed by atoms with Gasteiger partial charge in [0.05, 0.1) is 11.4 Å². The van der Waals surface area contributed by atoms with Crippen LogP contribution in [0.3, 0.4) is 0 Å². The fraction of sp³-hybridized carbons (Fsp3) is 0.350. The summed E-state index contributed by atoms with van der Waals surface area (Å²) in [6, 6.07) is 6.39. The van der Waals surface area contributed by atoms with Crippen LogP contribution >= 0.6 is 11.9 Å². The average molecular weight is 385 g/mol. The van der Waals surface area contributed by atoms with E-state index in [1.807, 2.05) is 0 Å². The molecule has 1 aromatic carbocycles. The minimum atomic E-state index is 0.373. The number of amidine groups is 2. The molecule has 4 N–H and O–H groups in total. The molecule has 144 valence electrons. The Morgan fingerprint density at radius 3 is 2.37 bits per heavy atom. The Bertz CT molecular complexity index is 784. The predicted molar refractivity (Wildman–Crippen MR) is 119 cm³/mol. The van der Waals surface area contributed by atoms with Crippen LogP contribution < -0.4 is 15.9 Å². The summed E-state index contributed by atoms with van der Waals surface area (Å²) < 4.78 is 2.11. The van der Waals surface area contributed by atoms with Crippen molar-refractivity contribution >= 4 is 36.0 Å². The summed E-state index contributed by atoms with van der Waals surface area (Å²) in [4.78, 5) is 0. The fourth-order valence-electron chi connectivity index (χ4n) is 2.99. The van der Waals surface area contributed by atoms with Crippen molar-refractivity contribution in [2.45, 2.75) is 40.0 Å². The van der Waals surface area contributed by atoms with Gasteiger partial charge in [0.15, 0.2) is 5.84 Å². The third-order valence-electron chi connectivity index (χ3n) is 4.36. The van der Waals surface area contributed by atoms with Crippen molar-refractivity contribution in [3.05, 3.63) is 52.6 Å². The second-order valence-corrected chi connectivity index (χ2v) is 7.18. The molecule has 0 heterocycles. The van der Waals surface area contributed by atoms with E-state index in [1.165, 1.54) is 28.6 Å². The highest BCUT2D eigenvalue weighted by atomic mass is 32.2. The van der Waals surface area contributed by atoms with Crippen molar-refractivity contribution < 1.29 is 0 Å². The van der Waals surface area contributed by atoms with Crippen molar-refractivity contribution in [3.63, 3.8) is 0 Å². The number of hydrazone groups is 1. The number of anilines is 1. The second-order valence-electron chi connectivity index (χ2n) is 6.27. The Kier molecular flexibility index (Phi) is 7.67. The Balaban J connectivity index is 2.57. The Hall–Kier alpha value is -2.54. The minimum Gasteiger partial charge on any atom is -0.385 e. The molecule has 0 fully saturated rings. The summed E-state index contributed by atoms with van der Waals surface area (Å²) >= 11 is 1.52. The molecular formula is C20H28N6S. The van der Waals surface area contributed by atoms with Gasteiger partial charge in [0.25, 0.3) is 0 Å². The van der Waals surface area contributed by atoms with E-state index in [-0.39, 0.29) is 0 Å². The maximum Gasteiger partial charge on any atom is 0.169 e. The molecule has 0 amide bonds. The van der Waals surface area contributed by atoms with Crippen molar-refractivity contribution in [1.82, 2.24) is 0 Å². The van der Waals surface area contributed by atoms with E-state index in [1.54, 1.807) is 0 Å². The lowest BCUT2D eigenvalue weighted by Gasteiger charge is -2.29. The van der Waals surface area contributed by atoms with Gasteiger partial charge in [-0.25, -0.2) is 0 Å². The zero-order valence-electron chi connectivity index (χ0n) is 16.3. The van der Waals surface area contributed by atoms with Crippen molar-refractivity contribution in [2.75, 3.05) is 10.1 Å². The Morgan fingerprint density at radius 1 is 1.22 bits per heavy atom. The molecular weight excluding hydrogens is 356 g/mol. The van der Waals surface area contributed by atoms with E-state index < -0.39 is 0 Å². The maximum absolute atomic E-state index is 5.87. The second kappa shape index (κ2) is 9.97. The number of para-hydroxylation sites is 1. The van der Waals surface area contributed by atoms with Crippen LogP contribution in [0.15, 0.2) is 56.8 Å². The molecule has 1 aliphatic carbocycles. The monoisotopic (exact) mass is 384 g/mol. The van der Waals surface area contributed by atoms with E-state index >= 15 is 0 Å². The van der Waals surface area contributed by atoms with Crippen LogP contribution in [0.25, 0.3) is 0 Å². The molecule has 27 heavy (non-hydrogen) atoms. The van der Waals surface area contributed by atoms with E-state index in [2.05, 4.69) is 77.4 Å². The normalized spacial score (nSPS) is 14.8. The largest absolute Gasteiger partial charge is 0.385 e. The van der Waals surface area contributed by atoms with Crippen LogP contribution in [-0.2, 0) is 12.8 Å². The Morgan fingerprint density at radius 2 is 1.89 bits per heavy atom. The standard InChI is InChI=1S/C20H28N6S/c1-5-15-8-7-9-16(6-2)19(15)26(27-13-18(21)24-22)20(25-23-4)17-11-10-14(3)12-17/h7-11H,4-6,12-13,22H2,1-3H3,(H2,21,24)/b25-20-. The molecule has 0 radical (unpaired) electrons. The Labute approximate surface area is 165 Å². The first-order valence-corrected chi connectivity index (χ1v) is 9.96. The number of nitrogens with two attached hydrogens (primary N) is 2. The summed E-state index contributed by atoms with van der Waals surface area (Å²) in [5, 5.41) is 11.8. The van der Waals surface area contributed by atoms with Crippen LogP contribution in [-0.4, -0.2) is 24.1 Å². The first-order chi connectivity index (χ1) is 13.0. The molecule has 0 aliphatic heterocycles. The number of nitrogens with zero attached hydrogens (tertiary/aromatic N) is 4. The van der Waals surface area contributed by atoms with E-state index in [4.69, 9.17) is 11.6 Å². The molecule has 0 bridgehead atoms. The van der Waals surface area contributed by atoms with Gasteiger partial charge < -0.3 is 11.6 Å². The van der Waals surface area contributed by atoms with E-state index in [0.717, 1.165) is 36.4 Å². The van der Waals surface area contributed by atoms with Gasteiger partial charge in [-0.1, -0.05) is 49.8 Å². The SMILES string of the molecule is C=N/N=C(/C1=CC=C(C)C1)N(SC/C(N)=N/N)c1c(CC)cccc1CC. The van der Waals surface area contributed by atoms with Crippen LogP contribution in [0.2, 0.25) is 0 Å². The number of benzene rings is 1. The third kappa shape index (κ3) is 5.01. The zero-order chi connectivity index (χ0) is 19.8. The summed E-state index contributed by atoms with van der Waals surface area (Å²) in [7, 11) is 0. The van der Waals surface area contributed by atoms with Crippen LogP contribution in [0, 0.1) is 0 Å². The molecule has 0 saturated heterocycles. The van der Waals surface area contributed by atoms with E-state index in [0.29, 0.717) is 11.6 Å². The summed E-state index contributed by atoms with van der Waals surface area (Å²) in [5.41, 5.74) is 11.9. The van der Waals surface area contributed by atoms with Gasteiger partial charge in [0, 0.05) is 12.3 Å².